The number of hydrogen-bond acceptors (Lipinski definition) is 1. The molecular weight excluding hydrogens is 192 g/mol. The minimum Gasteiger partial charge on any atom is -0.393 e. The SMILES string of the molecule is Cn1ccc2cc(CC(N)=S)ccc21. The van der Waals surface area contributed by atoms with Crippen LogP contribution in [0.5, 0.6) is 0 Å². The van der Waals surface area contributed by atoms with Crippen LogP contribution in [-0.4, -0.2) is 9.56 Å². The van der Waals surface area contributed by atoms with E-state index >= 15 is 0 Å². The highest BCUT2D eigenvalue weighted by Crippen LogP contribution is 2.16. The van der Waals surface area contributed by atoms with Crippen LogP contribution in [0.3, 0.4) is 0 Å². The van der Waals surface area contributed by atoms with Gasteiger partial charge in [0, 0.05) is 25.2 Å². The molecule has 2 aromatic rings. The molecule has 0 aliphatic carbocycles. The van der Waals surface area contributed by atoms with Gasteiger partial charge in [-0.15, -0.1) is 0 Å². The molecule has 0 amide bonds. The summed E-state index contributed by atoms with van der Waals surface area (Å²) in [5.74, 6) is 0. The second-order valence-electron chi connectivity index (χ2n) is 3.46. The van der Waals surface area contributed by atoms with Crippen molar-refractivity contribution in [1.29, 1.82) is 0 Å². The quantitative estimate of drug-likeness (QED) is 0.759. The number of benzene rings is 1. The van der Waals surface area contributed by atoms with E-state index in [-0.39, 0.29) is 0 Å². The van der Waals surface area contributed by atoms with E-state index in [2.05, 4.69) is 35.0 Å². The Kier molecular flexibility index (Phi) is 2.25. The lowest BCUT2D eigenvalue weighted by Crippen LogP contribution is -2.10. The van der Waals surface area contributed by atoms with E-state index in [9.17, 15) is 0 Å². The van der Waals surface area contributed by atoms with Crippen molar-refractivity contribution in [3.05, 3.63) is 36.0 Å². The largest absolute Gasteiger partial charge is 0.393 e. The first-order valence-electron chi connectivity index (χ1n) is 4.49. The van der Waals surface area contributed by atoms with E-state index in [4.69, 9.17) is 18.0 Å². The number of nitrogens with zero attached hydrogens (tertiary/aromatic N) is 1. The van der Waals surface area contributed by atoms with Gasteiger partial charge in [0.05, 0.1) is 4.99 Å². The van der Waals surface area contributed by atoms with Gasteiger partial charge < -0.3 is 10.3 Å². The maximum absolute atomic E-state index is 5.50. The predicted molar refractivity (Wildman–Crippen MR) is 63.4 cm³/mol. The van der Waals surface area contributed by atoms with Gasteiger partial charge in [-0.05, 0) is 29.1 Å². The van der Waals surface area contributed by atoms with Crippen LogP contribution in [0.2, 0.25) is 0 Å². The van der Waals surface area contributed by atoms with Crippen LogP contribution in [0.4, 0.5) is 0 Å². The maximum Gasteiger partial charge on any atom is 0.0771 e. The number of fused-ring (bicyclic) bond motifs is 1. The highest BCUT2D eigenvalue weighted by atomic mass is 32.1. The van der Waals surface area contributed by atoms with E-state index in [1.807, 2.05) is 7.05 Å². The third-order valence-corrected chi connectivity index (χ3v) is 2.47. The summed E-state index contributed by atoms with van der Waals surface area (Å²) in [5.41, 5.74) is 7.91. The van der Waals surface area contributed by atoms with Crippen molar-refractivity contribution in [1.82, 2.24) is 4.57 Å². The number of aryl methyl sites for hydroxylation is 1. The molecule has 3 heteroatoms. The molecule has 1 aromatic heterocycles. The van der Waals surface area contributed by atoms with Crippen molar-refractivity contribution in [2.45, 2.75) is 6.42 Å². The second-order valence-corrected chi connectivity index (χ2v) is 3.99. The monoisotopic (exact) mass is 204 g/mol. The Morgan fingerprint density at radius 1 is 1.43 bits per heavy atom. The van der Waals surface area contributed by atoms with E-state index in [0.717, 1.165) is 0 Å². The van der Waals surface area contributed by atoms with E-state index in [1.165, 1.54) is 16.5 Å². The average molecular weight is 204 g/mol. The molecule has 0 unspecified atom stereocenters. The van der Waals surface area contributed by atoms with Gasteiger partial charge >= 0.3 is 0 Å². The normalized spacial score (nSPS) is 10.6. The maximum atomic E-state index is 5.50. The molecular formula is C11H12N2S. The molecule has 1 aromatic carbocycles. The van der Waals surface area contributed by atoms with Gasteiger partial charge in [-0.1, -0.05) is 18.3 Å². The summed E-state index contributed by atoms with van der Waals surface area (Å²) in [4.78, 5) is 0.542. The minimum atomic E-state index is 0.542. The fourth-order valence-corrected chi connectivity index (χ4v) is 1.81. The van der Waals surface area contributed by atoms with E-state index < -0.39 is 0 Å². The molecule has 0 fully saturated rings. The van der Waals surface area contributed by atoms with Gasteiger partial charge in [0.1, 0.15) is 0 Å². The summed E-state index contributed by atoms with van der Waals surface area (Å²) in [6.07, 6.45) is 2.73. The first-order valence-corrected chi connectivity index (χ1v) is 4.90. The Bertz CT molecular complexity index is 485. The third-order valence-electron chi connectivity index (χ3n) is 2.33. The fourth-order valence-electron chi connectivity index (χ4n) is 1.64. The van der Waals surface area contributed by atoms with Crippen molar-refractivity contribution in [2.75, 3.05) is 0 Å². The van der Waals surface area contributed by atoms with Crippen LogP contribution in [0, 0.1) is 0 Å². The molecule has 0 radical (unpaired) electrons. The number of nitrogens with two attached hydrogens (primary N) is 1. The molecule has 14 heavy (non-hydrogen) atoms. The third kappa shape index (κ3) is 1.63. The summed E-state index contributed by atoms with van der Waals surface area (Å²) < 4.78 is 2.10. The molecule has 0 aliphatic rings. The molecule has 1 heterocycles. The lowest BCUT2D eigenvalue weighted by Gasteiger charge is -2.00. The first kappa shape index (κ1) is 9.21. The average Bonchev–Trinajstić information content (AvgIpc) is 2.46. The summed E-state index contributed by atoms with van der Waals surface area (Å²) in [6, 6.07) is 8.40. The summed E-state index contributed by atoms with van der Waals surface area (Å²) in [7, 11) is 2.04. The van der Waals surface area contributed by atoms with Gasteiger partial charge in [-0.3, -0.25) is 0 Å². The number of rotatable bonds is 2. The minimum absolute atomic E-state index is 0.542. The van der Waals surface area contributed by atoms with Gasteiger partial charge in [0.15, 0.2) is 0 Å². The van der Waals surface area contributed by atoms with Crippen molar-refractivity contribution in [2.24, 2.45) is 12.8 Å². The number of hydrogen-bond donors (Lipinski definition) is 1. The van der Waals surface area contributed by atoms with Crippen molar-refractivity contribution in [3.63, 3.8) is 0 Å². The molecule has 72 valence electrons. The number of aromatic nitrogens is 1. The highest BCUT2D eigenvalue weighted by Gasteiger charge is 2.00. The molecule has 0 spiro atoms. The topological polar surface area (TPSA) is 30.9 Å². The van der Waals surface area contributed by atoms with Gasteiger partial charge in [0.25, 0.3) is 0 Å². The molecule has 0 aliphatic heterocycles. The molecule has 0 atom stereocenters. The smallest absolute Gasteiger partial charge is 0.0771 e. The first-order chi connectivity index (χ1) is 6.66. The van der Waals surface area contributed by atoms with Crippen molar-refractivity contribution < 1.29 is 0 Å². The summed E-state index contributed by atoms with van der Waals surface area (Å²) in [5, 5.41) is 1.24. The van der Waals surface area contributed by atoms with Crippen LogP contribution in [0.25, 0.3) is 10.9 Å². The van der Waals surface area contributed by atoms with Crippen LogP contribution in [-0.2, 0) is 13.5 Å². The zero-order chi connectivity index (χ0) is 10.1. The lowest BCUT2D eigenvalue weighted by molar-refractivity contribution is 0.969. The lowest BCUT2D eigenvalue weighted by atomic mass is 10.1. The zero-order valence-corrected chi connectivity index (χ0v) is 8.84. The molecule has 0 saturated carbocycles. The molecule has 2 rings (SSSR count). The highest BCUT2D eigenvalue weighted by molar-refractivity contribution is 7.80. The Hall–Kier alpha value is -1.35. The molecule has 2 N–H and O–H groups in total. The van der Waals surface area contributed by atoms with Gasteiger partial charge in [0.2, 0.25) is 0 Å². The Morgan fingerprint density at radius 2 is 2.21 bits per heavy atom. The van der Waals surface area contributed by atoms with E-state index in [1.54, 1.807) is 0 Å². The second kappa shape index (κ2) is 3.42. The van der Waals surface area contributed by atoms with Crippen molar-refractivity contribution >= 4 is 28.1 Å². The predicted octanol–water partition coefficient (Wildman–Crippen LogP) is 2.01. The van der Waals surface area contributed by atoms with Crippen LogP contribution < -0.4 is 5.73 Å². The number of thiocarbonyl (C=S) groups is 1. The Morgan fingerprint density at radius 3 is 2.93 bits per heavy atom. The summed E-state index contributed by atoms with van der Waals surface area (Å²) >= 11 is 4.88. The van der Waals surface area contributed by atoms with Crippen molar-refractivity contribution in [3.8, 4) is 0 Å². The Labute approximate surface area is 88.3 Å². The standard InChI is InChI=1S/C11H12N2S/c1-13-5-4-9-6-8(7-11(12)14)2-3-10(9)13/h2-6H,7H2,1H3,(H2,12,14). The zero-order valence-electron chi connectivity index (χ0n) is 8.03. The summed E-state index contributed by atoms with van der Waals surface area (Å²) in [6.45, 7) is 0. The van der Waals surface area contributed by atoms with Crippen LogP contribution >= 0.6 is 12.2 Å². The van der Waals surface area contributed by atoms with Crippen LogP contribution in [0.1, 0.15) is 5.56 Å². The van der Waals surface area contributed by atoms with Gasteiger partial charge in [-0.2, -0.15) is 0 Å². The van der Waals surface area contributed by atoms with Gasteiger partial charge in [-0.25, -0.2) is 0 Å². The fraction of sp³-hybridized carbons (Fsp3) is 0.182. The molecule has 2 nitrogen and oxygen atoms in total. The molecule has 0 bridgehead atoms. The molecule has 0 saturated heterocycles. The van der Waals surface area contributed by atoms with E-state index in [0.29, 0.717) is 11.4 Å². The Balaban J connectivity index is 2.46. The van der Waals surface area contributed by atoms with Crippen LogP contribution in [0.15, 0.2) is 30.5 Å².